The van der Waals surface area contributed by atoms with Crippen LogP contribution in [0, 0.1) is 6.92 Å². The first kappa shape index (κ1) is 23.5. The second-order valence-corrected chi connectivity index (χ2v) is 9.11. The van der Waals surface area contributed by atoms with Gasteiger partial charge in [0.15, 0.2) is 0 Å². The summed E-state index contributed by atoms with van der Waals surface area (Å²) in [6, 6.07) is 15.6. The van der Waals surface area contributed by atoms with Crippen LogP contribution in [0.3, 0.4) is 0 Å². The van der Waals surface area contributed by atoms with Crippen molar-refractivity contribution in [3.05, 3.63) is 64.1 Å². The molecular formula is C23H29BrN2O2S. The molecule has 0 saturated carbocycles. The average molecular weight is 477 g/mol. The molecule has 2 aromatic rings. The van der Waals surface area contributed by atoms with E-state index in [1.54, 1.807) is 23.6 Å². The Morgan fingerprint density at radius 1 is 1.17 bits per heavy atom. The van der Waals surface area contributed by atoms with Gasteiger partial charge in [-0.2, -0.15) is 0 Å². The number of carbonyl (C=O) groups excluding carboxylic acids is 2. The van der Waals surface area contributed by atoms with Crippen LogP contribution in [0.2, 0.25) is 0 Å². The van der Waals surface area contributed by atoms with Crippen molar-refractivity contribution < 1.29 is 9.59 Å². The Kier molecular flexibility index (Phi) is 9.74. The van der Waals surface area contributed by atoms with Crippen LogP contribution in [0.1, 0.15) is 37.8 Å². The number of hydrogen-bond acceptors (Lipinski definition) is 3. The van der Waals surface area contributed by atoms with Crippen LogP contribution in [0.4, 0.5) is 0 Å². The van der Waals surface area contributed by atoms with E-state index in [2.05, 4.69) is 52.4 Å². The molecule has 0 aliphatic carbocycles. The summed E-state index contributed by atoms with van der Waals surface area (Å²) in [5.41, 5.74) is 2.21. The summed E-state index contributed by atoms with van der Waals surface area (Å²) < 4.78 is 0.959. The predicted octanol–water partition coefficient (Wildman–Crippen LogP) is 5.18. The predicted molar refractivity (Wildman–Crippen MR) is 124 cm³/mol. The Bertz CT molecular complexity index is 811. The minimum absolute atomic E-state index is 0.0104. The van der Waals surface area contributed by atoms with Crippen molar-refractivity contribution in [2.75, 3.05) is 12.3 Å². The molecule has 0 radical (unpaired) electrons. The van der Waals surface area contributed by atoms with Crippen LogP contribution in [0.25, 0.3) is 0 Å². The van der Waals surface area contributed by atoms with E-state index in [1.165, 1.54) is 5.56 Å². The molecule has 0 aromatic heterocycles. The largest absolute Gasteiger partial charge is 0.354 e. The van der Waals surface area contributed by atoms with E-state index in [9.17, 15) is 9.59 Å². The van der Waals surface area contributed by atoms with Crippen molar-refractivity contribution in [1.82, 2.24) is 10.2 Å². The summed E-state index contributed by atoms with van der Waals surface area (Å²) in [6.45, 7) is 6.90. The number of aryl methyl sites for hydroxylation is 1. The number of amides is 2. The van der Waals surface area contributed by atoms with Crippen molar-refractivity contribution in [3.63, 3.8) is 0 Å². The smallest absolute Gasteiger partial charge is 0.242 e. The van der Waals surface area contributed by atoms with Crippen LogP contribution in [0.15, 0.2) is 57.9 Å². The number of hydrogen-bond donors (Lipinski definition) is 1. The minimum Gasteiger partial charge on any atom is -0.354 e. The molecule has 1 N–H and O–H groups in total. The lowest BCUT2D eigenvalue weighted by Gasteiger charge is -2.29. The van der Waals surface area contributed by atoms with Gasteiger partial charge in [-0.3, -0.25) is 9.59 Å². The van der Waals surface area contributed by atoms with Gasteiger partial charge >= 0.3 is 0 Å². The molecule has 0 aliphatic heterocycles. The highest BCUT2D eigenvalue weighted by atomic mass is 79.9. The molecule has 2 amide bonds. The third-order valence-electron chi connectivity index (χ3n) is 4.56. The summed E-state index contributed by atoms with van der Waals surface area (Å²) >= 11 is 5.14. The zero-order valence-corrected chi connectivity index (χ0v) is 19.7. The van der Waals surface area contributed by atoms with Gasteiger partial charge in [-0.25, -0.2) is 0 Å². The summed E-state index contributed by atoms with van der Waals surface area (Å²) in [7, 11) is 0. The third kappa shape index (κ3) is 7.86. The van der Waals surface area contributed by atoms with Crippen molar-refractivity contribution in [2.24, 2.45) is 0 Å². The molecule has 2 rings (SSSR count). The maximum Gasteiger partial charge on any atom is 0.242 e. The molecule has 2 aromatic carbocycles. The lowest BCUT2D eigenvalue weighted by molar-refractivity contribution is -0.140. The van der Waals surface area contributed by atoms with Gasteiger partial charge in [-0.05, 0) is 50.1 Å². The van der Waals surface area contributed by atoms with E-state index in [-0.39, 0.29) is 11.8 Å². The van der Waals surface area contributed by atoms with Crippen molar-refractivity contribution in [3.8, 4) is 0 Å². The van der Waals surface area contributed by atoms with E-state index < -0.39 is 6.04 Å². The number of carbonyl (C=O) groups is 2. The summed E-state index contributed by atoms with van der Waals surface area (Å²) in [4.78, 5) is 28.4. The van der Waals surface area contributed by atoms with E-state index in [4.69, 9.17) is 0 Å². The highest BCUT2D eigenvalue weighted by molar-refractivity contribution is 9.10. The topological polar surface area (TPSA) is 49.4 Å². The molecule has 4 nitrogen and oxygen atoms in total. The lowest BCUT2D eigenvalue weighted by atomic mass is 10.1. The summed E-state index contributed by atoms with van der Waals surface area (Å²) in [5, 5.41) is 2.90. The molecule has 0 spiro atoms. The van der Waals surface area contributed by atoms with Gasteiger partial charge in [0, 0.05) is 34.6 Å². The van der Waals surface area contributed by atoms with Gasteiger partial charge in [0.05, 0.1) is 0 Å². The Balaban J connectivity index is 2.04. The number of halogens is 1. The van der Waals surface area contributed by atoms with Crippen LogP contribution < -0.4 is 5.32 Å². The van der Waals surface area contributed by atoms with Crippen LogP contribution in [0.5, 0.6) is 0 Å². The molecular weight excluding hydrogens is 448 g/mol. The number of nitrogens with zero attached hydrogens (tertiary/aromatic N) is 1. The van der Waals surface area contributed by atoms with E-state index in [0.29, 0.717) is 25.3 Å². The normalized spacial score (nSPS) is 11.7. The fourth-order valence-corrected chi connectivity index (χ4v) is 4.13. The second-order valence-electron chi connectivity index (χ2n) is 7.03. The zero-order chi connectivity index (χ0) is 21.2. The van der Waals surface area contributed by atoms with E-state index in [0.717, 1.165) is 21.4 Å². The maximum absolute atomic E-state index is 13.0. The highest BCUT2D eigenvalue weighted by Gasteiger charge is 2.25. The summed E-state index contributed by atoms with van der Waals surface area (Å²) in [6.07, 6.45) is 1.25. The molecule has 1 atom stereocenters. The van der Waals surface area contributed by atoms with Gasteiger partial charge in [0.2, 0.25) is 11.8 Å². The summed E-state index contributed by atoms with van der Waals surface area (Å²) in [5.74, 6) is 0.560. The quantitative estimate of drug-likeness (QED) is 0.480. The number of benzene rings is 2. The first-order valence-electron chi connectivity index (χ1n) is 9.91. The number of nitrogens with one attached hydrogen (secondary N) is 1. The number of rotatable bonds is 10. The van der Waals surface area contributed by atoms with Crippen molar-refractivity contribution in [1.29, 1.82) is 0 Å². The van der Waals surface area contributed by atoms with Gasteiger partial charge in [0.1, 0.15) is 6.04 Å². The molecule has 0 fully saturated rings. The highest BCUT2D eigenvalue weighted by Crippen LogP contribution is 2.21. The molecule has 6 heteroatoms. The zero-order valence-electron chi connectivity index (χ0n) is 17.3. The average Bonchev–Trinajstić information content (AvgIpc) is 2.71. The first-order valence-corrected chi connectivity index (χ1v) is 11.7. The maximum atomic E-state index is 13.0. The molecule has 29 heavy (non-hydrogen) atoms. The van der Waals surface area contributed by atoms with Crippen molar-refractivity contribution >= 4 is 39.5 Å². The Morgan fingerprint density at radius 2 is 1.90 bits per heavy atom. The Morgan fingerprint density at radius 3 is 2.55 bits per heavy atom. The monoisotopic (exact) mass is 476 g/mol. The minimum atomic E-state index is -0.516. The number of thioether (sulfide) groups is 1. The standard InChI is InChI=1S/C23H29BrN2O2S/c1-4-13-25-23(28)18(3)26(16-19-6-5-7-20(24)15-19)22(27)12-14-29-21-10-8-17(2)9-11-21/h5-11,15,18H,4,12-14,16H2,1-3H3,(H,25,28)/t18-/m1/s1. The van der Waals surface area contributed by atoms with E-state index in [1.807, 2.05) is 31.2 Å². The van der Waals surface area contributed by atoms with Crippen molar-refractivity contribution in [2.45, 2.75) is 51.1 Å². The third-order valence-corrected chi connectivity index (χ3v) is 6.07. The van der Waals surface area contributed by atoms with Crippen LogP contribution >= 0.6 is 27.7 Å². The van der Waals surface area contributed by atoms with Gasteiger partial charge in [-0.15, -0.1) is 11.8 Å². The molecule has 0 saturated heterocycles. The van der Waals surface area contributed by atoms with Crippen LogP contribution in [-0.2, 0) is 16.1 Å². The molecule has 0 bridgehead atoms. The lowest BCUT2D eigenvalue weighted by Crippen LogP contribution is -2.47. The SMILES string of the molecule is CCCNC(=O)[C@@H](C)N(Cc1cccc(Br)c1)C(=O)CCSc1ccc(C)cc1. The first-order chi connectivity index (χ1) is 13.9. The molecule has 0 heterocycles. The fraction of sp³-hybridized carbons (Fsp3) is 0.391. The van der Waals surface area contributed by atoms with Gasteiger partial charge in [0.25, 0.3) is 0 Å². The second kappa shape index (κ2) is 12.0. The Hall–Kier alpha value is -1.79. The molecule has 0 aliphatic rings. The van der Waals surface area contributed by atoms with Gasteiger partial charge in [-0.1, -0.05) is 52.7 Å². The van der Waals surface area contributed by atoms with E-state index >= 15 is 0 Å². The van der Waals surface area contributed by atoms with Crippen LogP contribution in [-0.4, -0.2) is 35.1 Å². The molecule has 156 valence electrons. The van der Waals surface area contributed by atoms with Gasteiger partial charge < -0.3 is 10.2 Å². The Labute approximate surface area is 186 Å². The fourth-order valence-electron chi connectivity index (χ4n) is 2.84. The molecule has 0 unspecified atom stereocenters.